The summed E-state index contributed by atoms with van der Waals surface area (Å²) in [4.78, 5) is 12.9. The van der Waals surface area contributed by atoms with Crippen LogP contribution in [-0.2, 0) is 0 Å². The first-order valence-electron chi connectivity index (χ1n) is 17.6. The second kappa shape index (κ2) is 18.6. The van der Waals surface area contributed by atoms with E-state index in [0.29, 0.717) is 17.9 Å². The van der Waals surface area contributed by atoms with Crippen molar-refractivity contribution in [2.24, 2.45) is 0 Å². The molecule has 0 radical (unpaired) electrons. The van der Waals surface area contributed by atoms with Crippen LogP contribution in [0.4, 0.5) is 0 Å². The summed E-state index contributed by atoms with van der Waals surface area (Å²) in [6, 6.07) is 18.5. The Labute approximate surface area is 271 Å². The number of aliphatic hydroxyl groups is 1. The third-order valence-corrected chi connectivity index (χ3v) is 8.79. The number of rotatable bonds is 21. The molecule has 0 spiro atoms. The van der Waals surface area contributed by atoms with E-state index in [2.05, 4.69) is 20.8 Å². The highest BCUT2D eigenvalue weighted by molar-refractivity contribution is 5.91. The number of carbonyl (C=O) groups is 1. The first-order chi connectivity index (χ1) is 22.0. The van der Waals surface area contributed by atoms with Gasteiger partial charge in [-0.3, -0.25) is 0 Å². The van der Waals surface area contributed by atoms with E-state index in [4.69, 9.17) is 14.2 Å². The molecule has 0 aliphatic heterocycles. The first-order valence-corrected chi connectivity index (χ1v) is 17.6. The van der Waals surface area contributed by atoms with Crippen LogP contribution in [0.15, 0.2) is 60.7 Å². The van der Waals surface area contributed by atoms with Gasteiger partial charge in [-0.2, -0.15) is 0 Å². The maximum absolute atomic E-state index is 12.9. The number of hydrogen-bond donors (Lipinski definition) is 1. The highest BCUT2D eigenvalue weighted by Crippen LogP contribution is 2.46. The topological polar surface area (TPSA) is 65.0 Å². The van der Waals surface area contributed by atoms with E-state index in [-0.39, 0.29) is 6.10 Å². The van der Waals surface area contributed by atoms with Gasteiger partial charge in [0.05, 0.1) is 18.3 Å². The Hall–Kier alpha value is -3.31. The minimum atomic E-state index is -0.802. The second-order valence-corrected chi connectivity index (χ2v) is 12.6. The summed E-state index contributed by atoms with van der Waals surface area (Å²) >= 11 is 0. The quantitative estimate of drug-likeness (QED) is 0.0734. The number of hydrogen-bond acceptors (Lipinski definition) is 5. The van der Waals surface area contributed by atoms with Gasteiger partial charge in [-0.15, -0.1) is 0 Å². The monoisotopic (exact) mass is 614 g/mol. The zero-order valence-corrected chi connectivity index (χ0v) is 27.8. The van der Waals surface area contributed by atoms with Crippen molar-refractivity contribution in [1.82, 2.24) is 0 Å². The minimum Gasteiger partial charge on any atom is -0.494 e. The molecule has 0 aromatic heterocycles. The number of benzene rings is 3. The molecule has 0 bridgehead atoms. The molecule has 0 amide bonds. The number of unbranched alkanes of at least 4 members (excludes halogenated alkanes) is 12. The van der Waals surface area contributed by atoms with Gasteiger partial charge in [0.25, 0.3) is 0 Å². The van der Waals surface area contributed by atoms with Gasteiger partial charge in [-0.05, 0) is 97.0 Å². The van der Waals surface area contributed by atoms with E-state index < -0.39 is 12.1 Å². The van der Waals surface area contributed by atoms with Crippen molar-refractivity contribution in [2.75, 3.05) is 6.61 Å². The fourth-order valence-electron chi connectivity index (χ4n) is 6.11. The van der Waals surface area contributed by atoms with Crippen molar-refractivity contribution in [1.29, 1.82) is 0 Å². The van der Waals surface area contributed by atoms with Gasteiger partial charge in [-0.25, -0.2) is 4.79 Å². The molecule has 0 saturated carbocycles. The van der Waals surface area contributed by atoms with Gasteiger partial charge in [0.1, 0.15) is 23.4 Å². The normalized spacial score (nSPS) is 14.1. The van der Waals surface area contributed by atoms with Crippen LogP contribution in [0.25, 0.3) is 11.1 Å². The fraction of sp³-hybridized carbons (Fsp3) is 0.525. The van der Waals surface area contributed by atoms with Crippen LogP contribution < -0.4 is 14.2 Å². The van der Waals surface area contributed by atoms with Gasteiger partial charge < -0.3 is 19.3 Å². The lowest BCUT2D eigenvalue weighted by Crippen LogP contribution is -2.11. The molecule has 3 aromatic rings. The standard InChI is InChI=1S/C40H54O5/c1-4-6-8-10-11-12-13-14-15-17-27-43-32-21-19-31(20-22-32)40(42)45-34-24-26-36-35-25-23-33(28-37(35)39(41)38(36)29-34)44-30(3)18-16-9-7-5-2/h19-26,28-30,39,41H,4-18,27H2,1-3H3/t30-,39+/m1/s1. The molecule has 3 aromatic carbocycles. The summed E-state index contributed by atoms with van der Waals surface area (Å²) < 4.78 is 17.8. The van der Waals surface area contributed by atoms with E-state index in [1.165, 1.54) is 77.0 Å². The van der Waals surface area contributed by atoms with Crippen molar-refractivity contribution in [2.45, 2.75) is 129 Å². The number of aliphatic hydroxyl groups excluding tert-OH is 1. The maximum Gasteiger partial charge on any atom is 0.343 e. The number of carbonyl (C=O) groups excluding carboxylic acids is 1. The van der Waals surface area contributed by atoms with Crippen molar-refractivity contribution < 1.29 is 24.1 Å². The molecule has 1 aliphatic carbocycles. The lowest BCUT2D eigenvalue weighted by atomic mass is 10.1. The molecule has 0 fully saturated rings. The van der Waals surface area contributed by atoms with Crippen LogP contribution in [0.5, 0.6) is 17.2 Å². The Kier molecular flexibility index (Phi) is 14.3. The molecule has 0 unspecified atom stereocenters. The van der Waals surface area contributed by atoms with Crippen LogP contribution in [0.3, 0.4) is 0 Å². The predicted octanol–water partition coefficient (Wildman–Crippen LogP) is 11.0. The Balaban J connectivity index is 1.21. The molecule has 45 heavy (non-hydrogen) atoms. The Morgan fingerprint density at radius 1 is 0.667 bits per heavy atom. The molecule has 5 heteroatoms. The van der Waals surface area contributed by atoms with E-state index in [1.807, 2.05) is 36.4 Å². The highest BCUT2D eigenvalue weighted by atomic mass is 16.5. The lowest BCUT2D eigenvalue weighted by Gasteiger charge is -2.16. The Morgan fingerprint density at radius 2 is 1.18 bits per heavy atom. The molecule has 0 saturated heterocycles. The molecule has 2 atom stereocenters. The molecule has 244 valence electrons. The summed E-state index contributed by atoms with van der Waals surface area (Å²) in [6.45, 7) is 7.26. The van der Waals surface area contributed by atoms with Crippen LogP contribution >= 0.6 is 0 Å². The van der Waals surface area contributed by atoms with Gasteiger partial charge in [0.15, 0.2) is 0 Å². The van der Waals surface area contributed by atoms with E-state index in [0.717, 1.165) is 53.0 Å². The smallest absolute Gasteiger partial charge is 0.343 e. The molecule has 0 heterocycles. The molecular formula is C40H54O5. The predicted molar refractivity (Wildman–Crippen MR) is 184 cm³/mol. The van der Waals surface area contributed by atoms with Crippen LogP contribution in [0, 0.1) is 0 Å². The van der Waals surface area contributed by atoms with Crippen LogP contribution in [0.2, 0.25) is 0 Å². The van der Waals surface area contributed by atoms with Crippen molar-refractivity contribution in [3.05, 3.63) is 77.4 Å². The van der Waals surface area contributed by atoms with Crippen molar-refractivity contribution >= 4 is 5.97 Å². The number of fused-ring (bicyclic) bond motifs is 3. The van der Waals surface area contributed by atoms with E-state index in [1.54, 1.807) is 24.3 Å². The zero-order valence-electron chi connectivity index (χ0n) is 27.8. The SMILES string of the molecule is CCCCCCCCCCCCOc1ccc(C(=O)Oc2ccc3c(c2)[C@@H](O)c2cc(O[C@H](C)CCCCCC)ccc2-3)cc1. The van der Waals surface area contributed by atoms with Crippen LogP contribution in [0.1, 0.15) is 145 Å². The van der Waals surface area contributed by atoms with Gasteiger partial charge in [0, 0.05) is 0 Å². The van der Waals surface area contributed by atoms with Gasteiger partial charge in [0.2, 0.25) is 0 Å². The van der Waals surface area contributed by atoms with E-state index >= 15 is 0 Å². The highest BCUT2D eigenvalue weighted by Gasteiger charge is 2.28. The summed E-state index contributed by atoms with van der Waals surface area (Å²) in [5, 5.41) is 11.2. The van der Waals surface area contributed by atoms with E-state index in [9.17, 15) is 9.90 Å². The Morgan fingerprint density at radius 3 is 1.80 bits per heavy atom. The first kappa shape index (κ1) is 34.6. The average Bonchev–Trinajstić information content (AvgIpc) is 3.32. The molecule has 1 aliphatic rings. The Bertz CT molecular complexity index is 1310. The third kappa shape index (κ3) is 10.6. The number of esters is 1. The summed E-state index contributed by atoms with van der Waals surface area (Å²) in [6.07, 6.45) is 18.2. The minimum absolute atomic E-state index is 0.122. The average molecular weight is 615 g/mol. The maximum atomic E-state index is 12.9. The number of ether oxygens (including phenoxy) is 3. The van der Waals surface area contributed by atoms with Gasteiger partial charge in [-0.1, -0.05) is 103 Å². The summed E-state index contributed by atoms with van der Waals surface area (Å²) in [5.41, 5.74) is 3.93. The molecule has 1 N–H and O–H groups in total. The van der Waals surface area contributed by atoms with Crippen molar-refractivity contribution in [3.8, 4) is 28.4 Å². The third-order valence-electron chi connectivity index (χ3n) is 8.79. The molecule has 5 nitrogen and oxygen atoms in total. The van der Waals surface area contributed by atoms with Gasteiger partial charge >= 0.3 is 5.97 Å². The lowest BCUT2D eigenvalue weighted by molar-refractivity contribution is 0.0734. The molecular weight excluding hydrogens is 560 g/mol. The van der Waals surface area contributed by atoms with Crippen molar-refractivity contribution in [3.63, 3.8) is 0 Å². The largest absolute Gasteiger partial charge is 0.494 e. The molecule has 4 rings (SSSR count). The summed E-state index contributed by atoms with van der Waals surface area (Å²) in [5.74, 6) is 1.50. The summed E-state index contributed by atoms with van der Waals surface area (Å²) in [7, 11) is 0. The second-order valence-electron chi connectivity index (χ2n) is 12.6. The van der Waals surface area contributed by atoms with Crippen LogP contribution in [-0.4, -0.2) is 23.8 Å². The fourth-order valence-corrected chi connectivity index (χ4v) is 6.11. The zero-order chi connectivity index (χ0) is 31.9.